The van der Waals surface area contributed by atoms with Crippen molar-refractivity contribution in [3.8, 4) is 6.07 Å². The summed E-state index contributed by atoms with van der Waals surface area (Å²) in [6, 6.07) is 9.37. The molecule has 1 unspecified atom stereocenters. The number of benzene rings is 1. The van der Waals surface area contributed by atoms with Gasteiger partial charge in [-0.25, -0.2) is 9.78 Å². The molecule has 6 nitrogen and oxygen atoms in total. The molecule has 20 heavy (non-hydrogen) atoms. The topological polar surface area (TPSA) is 77.1 Å². The molecule has 0 spiro atoms. The minimum atomic E-state index is -0.994. The van der Waals surface area contributed by atoms with Crippen LogP contribution in [-0.2, 0) is 21.3 Å². The molecular weight excluding hydrogens is 258 g/mol. The third-order valence-corrected chi connectivity index (χ3v) is 2.87. The predicted molar refractivity (Wildman–Crippen MR) is 71.7 cm³/mol. The number of imidazole rings is 1. The number of carbonyl (C=O) groups excluding carboxylic acids is 1. The van der Waals surface area contributed by atoms with Crippen LogP contribution in [0.1, 0.15) is 18.9 Å². The van der Waals surface area contributed by atoms with Crippen molar-refractivity contribution in [1.82, 2.24) is 9.55 Å². The normalized spacial score (nSPS) is 12.1. The van der Waals surface area contributed by atoms with Gasteiger partial charge in [-0.05, 0) is 19.1 Å². The minimum Gasteiger partial charge on any atom is -0.464 e. The smallest absolute Gasteiger partial charge is 0.343 e. The molecule has 6 heteroatoms. The summed E-state index contributed by atoms with van der Waals surface area (Å²) in [6.45, 7) is 1.76. The van der Waals surface area contributed by atoms with E-state index in [0.29, 0.717) is 5.82 Å². The Bertz CT molecular complexity index is 657. The quantitative estimate of drug-likeness (QED) is 0.775. The summed E-state index contributed by atoms with van der Waals surface area (Å²) in [4.78, 5) is 16.4. The minimum absolute atomic E-state index is 0.202. The Hall–Kier alpha value is -2.39. The highest BCUT2D eigenvalue weighted by Gasteiger charge is 2.28. The Morgan fingerprint density at radius 3 is 2.90 bits per heavy atom. The van der Waals surface area contributed by atoms with Crippen molar-refractivity contribution in [3.63, 3.8) is 0 Å². The maximum Gasteiger partial charge on any atom is 0.343 e. The van der Waals surface area contributed by atoms with Crippen molar-refractivity contribution in [3.05, 3.63) is 30.1 Å². The van der Waals surface area contributed by atoms with E-state index in [-0.39, 0.29) is 13.2 Å². The van der Waals surface area contributed by atoms with Gasteiger partial charge in [-0.3, -0.25) is 0 Å². The van der Waals surface area contributed by atoms with Gasteiger partial charge in [0.05, 0.1) is 23.7 Å². The van der Waals surface area contributed by atoms with E-state index in [0.717, 1.165) is 11.0 Å². The zero-order valence-corrected chi connectivity index (χ0v) is 11.4. The van der Waals surface area contributed by atoms with Crippen LogP contribution < -0.4 is 0 Å². The van der Waals surface area contributed by atoms with Gasteiger partial charge in [0.2, 0.25) is 6.10 Å². The summed E-state index contributed by atoms with van der Waals surface area (Å²) in [5, 5.41) is 8.63. The molecule has 0 saturated heterocycles. The molecule has 0 aliphatic heterocycles. The van der Waals surface area contributed by atoms with E-state index in [1.165, 1.54) is 0 Å². The van der Waals surface area contributed by atoms with E-state index in [4.69, 9.17) is 14.7 Å². The fraction of sp³-hybridized carbons (Fsp3) is 0.357. The number of nitrogens with zero attached hydrogens (tertiary/aromatic N) is 3. The van der Waals surface area contributed by atoms with Crippen molar-refractivity contribution in [2.75, 3.05) is 13.2 Å². The van der Waals surface area contributed by atoms with Gasteiger partial charge in [-0.1, -0.05) is 12.1 Å². The molecule has 0 amide bonds. The van der Waals surface area contributed by atoms with Crippen molar-refractivity contribution in [2.24, 2.45) is 7.05 Å². The van der Waals surface area contributed by atoms with Crippen LogP contribution in [0.25, 0.3) is 11.0 Å². The SMILES string of the molecule is CCOC(=O)C(OCC#N)c1nc2ccccc2n1C. The number of hydrogen-bond acceptors (Lipinski definition) is 5. The van der Waals surface area contributed by atoms with Crippen molar-refractivity contribution >= 4 is 17.0 Å². The standard InChI is InChI=1S/C14H15N3O3/c1-3-19-14(18)12(20-9-8-15)13-16-10-6-4-5-7-11(10)17(13)2/h4-7,12H,3,9H2,1-2H3. The summed E-state index contributed by atoms with van der Waals surface area (Å²) in [5.74, 6) is -0.110. The van der Waals surface area contributed by atoms with Crippen molar-refractivity contribution in [2.45, 2.75) is 13.0 Å². The maximum absolute atomic E-state index is 12.0. The lowest BCUT2D eigenvalue weighted by atomic mass is 10.3. The molecule has 0 fully saturated rings. The maximum atomic E-state index is 12.0. The molecule has 1 atom stereocenters. The monoisotopic (exact) mass is 273 g/mol. The Kier molecular flexibility index (Phi) is 4.33. The molecule has 104 valence electrons. The second-order valence-electron chi connectivity index (χ2n) is 4.12. The van der Waals surface area contributed by atoms with Crippen molar-refractivity contribution in [1.29, 1.82) is 5.26 Å². The van der Waals surface area contributed by atoms with Crippen LogP contribution >= 0.6 is 0 Å². The molecule has 1 aromatic carbocycles. The molecule has 0 saturated carbocycles. The number of aromatic nitrogens is 2. The van der Waals surface area contributed by atoms with Gasteiger partial charge < -0.3 is 14.0 Å². The second kappa shape index (κ2) is 6.17. The number of esters is 1. The van der Waals surface area contributed by atoms with Gasteiger partial charge in [0, 0.05) is 7.05 Å². The molecule has 0 N–H and O–H groups in total. The summed E-state index contributed by atoms with van der Waals surface area (Å²) in [5.41, 5.74) is 1.65. The molecule has 1 aromatic heterocycles. The molecule has 0 aliphatic rings. The fourth-order valence-corrected chi connectivity index (χ4v) is 1.99. The summed E-state index contributed by atoms with van der Waals surface area (Å²) in [7, 11) is 1.80. The van der Waals surface area contributed by atoms with E-state index in [1.807, 2.05) is 30.3 Å². The van der Waals surface area contributed by atoms with Crippen molar-refractivity contribution < 1.29 is 14.3 Å². The van der Waals surface area contributed by atoms with Crippen LogP contribution in [0.5, 0.6) is 0 Å². The highest BCUT2D eigenvalue weighted by Crippen LogP contribution is 2.23. The van der Waals surface area contributed by atoms with Gasteiger partial charge in [0.15, 0.2) is 5.82 Å². The van der Waals surface area contributed by atoms with Gasteiger partial charge >= 0.3 is 5.97 Å². The zero-order chi connectivity index (χ0) is 14.5. The Labute approximate surface area is 116 Å². The summed E-state index contributed by atoms with van der Waals surface area (Å²) >= 11 is 0. The Balaban J connectivity index is 2.42. The predicted octanol–water partition coefficient (Wildman–Crippen LogP) is 1.72. The van der Waals surface area contributed by atoms with Crippen LogP contribution in [0.15, 0.2) is 24.3 Å². The number of ether oxygens (including phenoxy) is 2. The first kappa shape index (κ1) is 14.0. The first-order valence-electron chi connectivity index (χ1n) is 6.25. The number of rotatable bonds is 5. The number of carbonyl (C=O) groups is 1. The summed E-state index contributed by atoms with van der Waals surface area (Å²) in [6.07, 6.45) is -0.994. The van der Waals surface area contributed by atoms with E-state index < -0.39 is 12.1 Å². The molecule has 0 bridgehead atoms. The van der Waals surface area contributed by atoms with Crippen LogP contribution in [0, 0.1) is 11.3 Å². The van der Waals surface area contributed by atoms with Gasteiger partial charge in [-0.2, -0.15) is 5.26 Å². The lowest BCUT2D eigenvalue weighted by Crippen LogP contribution is -2.22. The Morgan fingerprint density at radius 2 is 2.25 bits per heavy atom. The van der Waals surface area contributed by atoms with Gasteiger partial charge in [0.25, 0.3) is 0 Å². The fourth-order valence-electron chi connectivity index (χ4n) is 1.99. The number of nitriles is 1. The number of aryl methyl sites for hydroxylation is 1. The van der Waals surface area contributed by atoms with Crippen LogP contribution in [0.4, 0.5) is 0 Å². The molecular formula is C14H15N3O3. The average Bonchev–Trinajstić information content (AvgIpc) is 2.78. The van der Waals surface area contributed by atoms with E-state index >= 15 is 0 Å². The second-order valence-corrected chi connectivity index (χ2v) is 4.12. The van der Waals surface area contributed by atoms with E-state index in [9.17, 15) is 4.79 Å². The number of hydrogen-bond donors (Lipinski definition) is 0. The van der Waals surface area contributed by atoms with Crippen LogP contribution in [0.3, 0.4) is 0 Å². The molecule has 2 rings (SSSR count). The average molecular weight is 273 g/mol. The Morgan fingerprint density at radius 1 is 1.50 bits per heavy atom. The lowest BCUT2D eigenvalue weighted by Gasteiger charge is -2.14. The largest absolute Gasteiger partial charge is 0.464 e. The molecule has 0 aliphatic carbocycles. The molecule has 1 heterocycles. The molecule has 0 radical (unpaired) electrons. The van der Waals surface area contributed by atoms with Gasteiger partial charge in [0.1, 0.15) is 6.61 Å². The number of para-hydroxylation sites is 2. The van der Waals surface area contributed by atoms with Crippen LogP contribution in [0.2, 0.25) is 0 Å². The first-order valence-corrected chi connectivity index (χ1v) is 6.25. The number of fused-ring (bicyclic) bond motifs is 1. The third-order valence-electron chi connectivity index (χ3n) is 2.87. The molecule has 2 aromatic rings. The van der Waals surface area contributed by atoms with Crippen LogP contribution in [-0.4, -0.2) is 28.7 Å². The highest BCUT2D eigenvalue weighted by atomic mass is 16.6. The van der Waals surface area contributed by atoms with Gasteiger partial charge in [-0.15, -0.1) is 0 Å². The zero-order valence-electron chi connectivity index (χ0n) is 11.4. The third kappa shape index (κ3) is 2.63. The highest BCUT2D eigenvalue weighted by molar-refractivity contribution is 5.80. The van der Waals surface area contributed by atoms with E-state index in [2.05, 4.69) is 4.98 Å². The lowest BCUT2D eigenvalue weighted by molar-refractivity contribution is -0.157. The summed E-state index contributed by atoms with van der Waals surface area (Å²) < 4.78 is 12.0. The first-order chi connectivity index (χ1) is 9.69. The van der Waals surface area contributed by atoms with E-state index in [1.54, 1.807) is 18.5 Å².